The average Bonchev–Trinajstić information content (AvgIpc) is 3.10. The molecule has 0 fully saturated rings. The van der Waals surface area contributed by atoms with Gasteiger partial charge in [-0.1, -0.05) is 16.4 Å². The number of phenols is 2. The third-order valence-electron chi connectivity index (χ3n) is 7.67. The monoisotopic (exact) mass is 1030 g/mol. The van der Waals surface area contributed by atoms with Crippen LogP contribution in [0.4, 0.5) is 0 Å². The van der Waals surface area contributed by atoms with Crippen molar-refractivity contribution in [2.24, 2.45) is 10.3 Å². The van der Waals surface area contributed by atoms with Crippen molar-refractivity contribution in [2.45, 2.75) is 25.4 Å². The van der Waals surface area contributed by atoms with Crippen molar-refractivity contribution < 1.29 is 44.8 Å². The molecule has 1 atom stereocenters. The van der Waals surface area contributed by atoms with Gasteiger partial charge in [-0.2, -0.15) is 0 Å². The molecular formula is C34H27Br5N4O9. The molecule has 52 heavy (non-hydrogen) atoms. The minimum absolute atomic E-state index is 0.00238. The van der Waals surface area contributed by atoms with Gasteiger partial charge in [-0.05, 0) is 157 Å². The minimum Gasteiger partial charge on any atom is -0.503 e. The first kappa shape index (κ1) is 39.5. The first-order chi connectivity index (χ1) is 24.8. The van der Waals surface area contributed by atoms with Crippen LogP contribution in [-0.2, 0) is 28.9 Å². The number of amides is 2. The third kappa shape index (κ3) is 9.45. The summed E-state index contributed by atoms with van der Waals surface area (Å²) in [6, 6.07) is 14.3. The maximum Gasteiger partial charge on any atom is 0.269 e. The van der Waals surface area contributed by atoms with Crippen molar-refractivity contribution in [1.82, 2.24) is 10.6 Å². The van der Waals surface area contributed by atoms with Crippen LogP contribution in [0.3, 0.4) is 0 Å². The Bertz CT molecular complexity index is 2090. The lowest BCUT2D eigenvalue weighted by Crippen LogP contribution is -2.35. The highest BCUT2D eigenvalue weighted by molar-refractivity contribution is 9.11. The number of nitrogens with zero attached hydrogens (tertiary/aromatic N) is 2. The number of benzene rings is 4. The van der Waals surface area contributed by atoms with Gasteiger partial charge in [0, 0.05) is 25.9 Å². The molecule has 0 radical (unpaired) electrons. The second kappa shape index (κ2) is 17.4. The lowest BCUT2D eigenvalue weighted by atomic mass is 10.1. The summed E-state index contributed by atoms with van der Waals surface area (Å²) in [5, 5.41) is 63.5. The summed E-state index contributed by atoms with van der Waals surface area (Å²) < 4.78 is 13.9. The number of hydrogen-bond donors (Lipinski definition) is 7. The standard InChI is InChI=1S/C34H27Br5N4O9/c35-19-13-18-1-2-27(19)51-28-11-15(5-20(36)30(28)45)3-4-40-33(47)24(42-49)9-16-7-22(38)32(23(39)8-16)52-29-12-17(6-21(37)31(29)46)10-25(43-50)34(48)41-14-26(18)44/h1-2,5-8,11-13,26,44-46,49-50H,3-4,9-10,14H2,(H,40,47)(H,41,48)/b42-24+,43-25+/t26-/m1/s1. The van der Waals surface area contributed by atoms with Crippen molar-refractivity contribution in [3.05, 3.63) is 99.2 Å². The number of rotatable bonds is 0. The van der Waals surface area contributed by atoms with E-state index in [0.29, 0.717) is 52.3 Å². The maximum absolute atomic E-state index is 13.0. The Hall–Kier alpha value is -3.68. The van der Waals surface area contributed by atoms with E-state index in [9.17, 15) is 35.3 Å². The molecule has 2 amide bonds. The Morgan fingerprint density at radius 1 is 0.635 bits per heavy atom. The summed E-state index contributed by atoms with van der Waals surface area (Å²) in [6.45, 7) is -0.0700. The SMILES string of the molecule is O=C1NCCc2cc(Br)c(O)c(c2)Oc2ccc(cc2Br)[C@H](O)CNC(=O)/C(=N/O)Cc2cc(Br)c(O)c(c2)Oc2c(Br)cc(cc2Br)C/C1=N\O. The van der Waals surface area contributed by atoms with E-state index in [-0.39, 0.29) is 70.6 Å². The Labute approximate surface area is 338 Å². The summed E-state index contributed by atoms with van der Waals surface area (Å²) in [4.78, 5) is 26.0. The number of phenolic OH excluding ortho intramolecular Hbond substituents is 2. The Morgan fingerprint density at radius 2 is 1.15 bits per heavy atom. The molecule has 7 N–H and O–H groups in total. The molecule has 4 aliphatic heterocycles. The third-order valence-corrected chi connectivity index (χ3v) is 10.7. The zero-order valence-corrected chi connectivity index (χ0v) is 34.4. The molecule has 272 valence electrons. The van der Waals surface area contributed by atoms with E-state index in [0.717, 1.165) is 0 Å². The summed E-state index contributed by atoms with van der Waals surface area (Å²) >= 11 is 17.0. The lowest BCUT2D eigenvalue weighted by Gasteiger charge is -2.17. The van der Waals surface area contributed by atoms with Gasteiger partial charge in [-0.3, -0.25) is 9.59 Å². The predicted octanol–water partition coefficient (Wildman–Crippen LogP) is 7.76. The van der Waals surface area contributed by atoms with Crippen LogP contribution in [0.1, 0.15) is 28.4 Å². The van der Waals surface area contributed by atoms with Crippen LogP contribution in [-0.4, -0.2) is 62.1 Å². The highest BCUT2D eigenvalue weighted by Crippen LogP contribution is 2.44. The number of aliphatic hydroxyl groups is 1. The second-order valence-electron chi connectivity index (χ2n) is 11.3. The molecule has 18 heteroatoms. The van der Waals surface area contributed by atoms with E-state index >= 15 is 0 Å². The van der Waals surface area contributed by atoms with Gasteiger partial charge < -0.3 is 45.8 Å². The van der Waals surface area contributed by atoms with Gasteiger partial charge in [0.2, 0.25) is 0 Å². The molecule has 0 unspecified atom stereocenters. The van der Waals surface area contributed by atoms with E-state index in [4.69, 9.17) is 9.47 Å². The minimum atomic E-state index is -1.16. The Balaban J connectivity index is 1.49. The molecule has 4 aliphatic rings. The van der Waals surface area contributed by atoms with E-state index < -0.39 is 17.9 Å². The largest absolute Gasteiger partial charge is 0.503 e. The highest BCUT2D eigenvalue weighted by Gasteiger charge is 2.22. The fourth-order valence-corrected chi connectivity index (χ4v) is 7.94. The summed E-state index contributed by atoms with van der Waals surface area (Å²) in [5.74, 6) is -1.06. The van der Waals surface area contributed by atoms with Crippen LogP contribution in [0.25, 0.3) is 0 Å². The van der Waals surface area contributed by atoms with Gasteiger partial charge in [-0.25, -0.2) is 0 Å². The van der Waals surface area contributed by atoms with E-state index in [1.807, 2.05) is 0 Å². The molecular weight excluding hydrogens is 1010 g/mol. The number of carbonyl (C=O) groups excluding carboxylic acids is 2. The number of halogens is 5. The molecule has 0 aliphatic carbocycles. The molecule has 4 aromatic carbocycles. The molecule has 4 heterocycles. The number of carbonyl (C=O) groups is 2. The van der Waals surface area contributed by atoms with Crippen molar-refractivity contribution in [2.75, 3.05) is 13.1 Å². The fraction of sp³-hybridized carbons (Fsp3) is 0.176. The number of hydrogen-bond acceptors (Lipinski definition) is 11. The molecule has 0 spiro atoms. The maximum atomic E-state index is 13.0. The van der Waals surface area contributed by atoms with E-state index in [2.05, 4.69) is 101 Å². The first-order valence-electron chi connectivity index (χ1n) is 15.1. The Morgan fingerprint density at radius 3 is 1.75 bits per heavy atom. The fourth-order valence-electron chi connectivity index (χ4n) is 5.04. The van der Waals surface area contributed by atoms with Crippen LogP contribution < -0.4 is 20.1 Å². The summed E-state index contributed by atoms with van der Waals surface area (Å²) in [7, 11) is 0. The molecule has 8 bridgehead atoms. The predicted molar refractivity (Wildman–Crippen MR) is 208 cm³/mol. The topological polar surface area (TPSA) is 203 Å². The second-order valence-corrected chi connectivity index (χ2v) is 15.6. The molecule has 0 aromatic heterocycles. The lowest BCUT2D eigenvalue weighted by molar-refractivity contribution is -0.116. The molecule has 13 nitrogen and oxygen atoms in total. The van der Waals surface area contributed by atoms with Gasteiger partial charge in [0.1, 0.15) is 17.2 Å². The number of aromatic hydroxyl groups is 2. The smallest absolute Gasteiger partial charge is 0.269 e. The van der Waals surface area contributed by atoms with Gasteiger partial charge in [0.15, 0.2) is 28.7 Å². The number of ether oxygens (including phenoxy) is 2. The van der Waals surface area contributed by atoms with E-state index in [1.54, 1.807) is 42.5 Å². The summed E-state index contributed by atoms with van der Waals surface area (Å²) in [6.07, 6.45) is -1.06. The summed E-state index contributed by atoms with van der Waals surface area (Å²) in [5.41, 5.74) is 1.69. The van der Waals surface area contributed by atoms with Gasteiger partial charge >= 0.3 is 0 Å². The van der Waals surface area contributed by atoms with Gasteiger partial charge in [0.25, 0.3) is 11.8 Å². The number of aliphatic hydroxyl groups excluding tert-OH is 1. The van der Waals surface area contributed by atoms with Crippen molar-refractivity contribution in [3.63, 3.8) is 0 Å². The van der Waals surface area contributed by atoms with Crippen LogP contribution in [0.2, 0.25) is 0 Å². The normalized spacial score (nSPS) is 17.5. The number of nitrogens with one attached hydrogen (secondary N) is 2. The van der Waals surface area contributed by atoms with Crippen LogP contribution in [0, 0.1) is 0 Å². The molecule has 0 saturated heterocycles. The number of oxime groups is 2. The van der Waals surface area contributed by atoms with Crippen molar-refractivity contribution >= 4 is 103 Å². The van der Waals surface area contributed by atoms with Gasteiger partial charge in [-0.15, -0.1) is 0 Å². The van der Waals surface area contributed by atoms with E-state index in [1.165, 1.54) is 12.1 Å². The first-order valence-corrected chi connectivity index (χ1v) is 19.1. The molecule has 8 rings (SSSR count). The van der Waals surface area contributed by atoms with Crippen molar-refractivity contribution in [1.29, 1.82) is 0 Å². The Kier molecular flexibility index (Phi) is 13.2. The van der Waals surface area contributed by atoms with Crippen LogP contribution in [0.15, 0.2) is 87.3 Å². The van der Waals surface area contributed by atoms with Crippen LogP contribution >= 0.6 is 79.6 Å². The highest BCUT2D eigenvalue weighted by atomic mass is 79.9. The zero-order chi connectivity index (χ0) is 37.7. The molecule has 4 aromatic rings. The van der Waals surface area contributed by atoms with Crippen molar-refractivity contribution in [3.8, 4) is 34.5 Å². The van der Waals surface area contributed by atoms with Crippen LogP contribution in [0.5, 0.6) is 34.5 Å². The quantitative estimate of drug-likeness (QED) is 0.0679. The molecule has 0 saturated carbocycles. The average molecular weight is 1040 g/mol. The zero-order valence-electron chi connectivity index (χ0n) is 26.5. The van der Waals surface area contributed by atoms with Gasteiger partial charge in [0.05, 0.1) is 28.5 Å².